The van der Waals surface area contributed by atoms with E-state index in [1.165, 1.54) is 0 Å². The molecule has 0 aliphatic rings. The lowest BCUT2D eigenvalue weighted by Gasteiger charge is -2.11. The molecule has 6 heteroatoms. The first kappa shape index (κ1) is 17.2. The second kappa shape index (κ2) is 7.53. The molecule has 0 saturated heterocycles. The van der Waals surface area contributed by atoms with Crippen molar-refractivity contribution in [3.8, 4) is 5.88 Å². The summed E-state index contributed by atoms with van der Waals surface area (Å²) in [6.07, 6.45) is 1.80. The fraction of sp³-hybridized carbons (Fsp3) is 0.368. The number of fused-ring (bicyclic) bond motifs is 3. The third kappa shape index (κ3) is 3.91. The Labute approximate surface area is 146 Å². The lowest BCUT2D eigenvalue weighted by Crippen LogP contribution is -2.19. The van der Waals surface area contributed by atoms with Crippen LogP contribution in [-0.4, -0.2) is 49.7 Å². The number of ether oxygens (including phenoxy) is 2. The molecule has 0 aliphatic heterocycles. The fourth-order valence-corrected chi connectivity index (χ4v) is 2.70. The molecule has 0 amide bonds. The molecule has 0 N–H and O–H groups in total. The maximum atomic E-state index is 11.8. The lowest BCUT2D eigenvalue weighted by atomic mass is 10.1. The molecule has 0 radical (unpaired) electrons. The van der Waals surface area contributed by atoms with Crippen LogP contribution in [0, 0.1) is 0 Å². The molecule has 3 aromatic rings. The maximum absolute atomic E-state index is 11.8. The molecule has 0 spiro atoms. The van der Waals surface area contributed by atoms with E-state index in [2.05, 4.69) is 9.88 Å². The summed E-state index contributed by atoms with van der Waals surface area (Å²) in [5.41, 5.74) is 2.35. The fourth-order valence-electron chi connectivity index (χ4n) is 2.70. The zero-order valence-electron chi connectivity index (χ0n) is 14.7. The number of rotatable bonds is 7. The number of carbonyl (C=O) groups excluding carboxylic acids is 1. The van der Waals surface area contributed by atoms with Crippen LogP contribution in [0.15, 0.2) is 34.9 Å². The van der Waals surface area contributed by atoms with E-state index in [1.54, 1.807) is 13.2 Å². The van der Waals surface area contributed by atoms with Gasteiger partial charge in [0.15, 0.2) is 0 Å². The van der Waals surface area contributed by atoms with Gasteiger partial charge in [0.1, 0.15) is 12.2 Å². The quantitative estimate of drug-likeness (QED) is 0.615. The second-order valence-corrected chi connectivity index (χ2v) is 6.05. The summed E-state index contributed by atoms with van der Waals surface area (Å²) in [5, 5.41) is 1.84. The molecule has 0 fully saturated rings. The monoisotopic (exact) mass is 342 g/mol. The van der Waals surface area contributed by atoms with Crippen LogP contribution in [0.3, 0.4) is 0 Å². The van der Waals surface area contributed by atoms with E-state index < -0.39 is 0 Å². The Morgan fingerprint density at radius 1 is 1.24 bits per heavy atom. The summed E-state index contributed by atoms with van der Waals surface area (Å²) < 4.78 is 16.3. The molecule has 3 rings (SSSR count). The highest BCUT2D eigenvalue weighted by Crippen LogP contribution is 2.30. The minimum absolute atomic E-state index is 0.182. The minimum Gasteiger partial charge on any atom is -0.476 e. The number of hydrogen-bond donors (Lipinski definition) is 0. The number of furan rings is 1. The molecule has 1 aromatic carbocycles. The van der Waals surface area contributed by atoms with Crippen molar-refractivity contribution < 1.29 is 18.7 Å². The number of likely N-dealkylation sites (N-methyl/N-ethyl adjacent to an activating group) is 1. The van der Waals surface area contributed by atoms with E-state index in [9.17, 15) is 4.79 Å². The first-order chi connectivity index (χ1) is 12.1. The molecule has 25 heavy (non-hydrogen) atoms. The Morgan fingerprint density at radius 2 is 2.08 bits per heavy atom. The second-order valence-electron chi connectivity index (χ2n) is 6.05. The van der Waals surface area contributed by atoms with Gasteiger partial charge in [0.05, 0.1) is 24.8 Å². The van der Waals surface area contributed by atoms with Gasteiger partial charge in [-0.05, 0) is 39.2 Å². The van der Waals surface area contributed by atoms with Crippen LogP contribution in [0.25, 0.3) is 21.9 Å². The number of aromatic nitrogens is 1. The van der Waals surface area contributed by atoms with Crippen LogP contribution in [0.5, 0.6) is 5.88 Å². The van der Waals surface area contributed by atoms with Gasteiger partial charge in [-0.1, -0.05) is 0 Å². The van der Waals surface area contributed by atoms with E-state index >= 15 is 0 Å². The molecule has 132 valence electrons. The van der Waals surface area contributed by atoms with Gasteiger partial charge < -0.3 is 18.8 Å². The van der Waals surface area contributed by atoms with Crippen LogP contribution < -0.4 is 4.74 Å². The summed E-state index contributed by atoms with van der Waals surface area (Å²) >= 11 is 0. The molecule has 2 aromatic heterocycles. The molecule has 0 saturated carbocycles. The highest BCUT2D eigenvalue weighted by Gasteiger charge is 2.14. The van der Waals surface area contributed by atoms with E-state index in [4.69, 9.17) is 13.9 Å². The van der Waals surface area contributed by atoms with E-state index in [-0.39, 0.29) is 12.4 Å². The Kier molecular flexibility index (Phi) is 5.19. The van der Waals surface area contributed by atoms with Gasteiger partial charge in [-0.15, -0.1) is 0 Å². The van der Waals surface area contributed by atoms with Crippen molar-refractivity contribution in [1.82, 2.24) is 9.88 Å². The van der Waals surface area contributed by atoms with Gasteiger partial charge in [-0.2, -0.15) is 0 Å². The predicted octanol–water partition coefficient (Wildman–Crippen LogP) is 3.03. The first-order valence-corrected chi connectivity index (χ1v) is 8.31. The van der Waals surface area contributed by atoms with Crippen molar-refractivity contribution in [1.29, 1.82) is 0 Å². The summed E-state index contributed by atoms with van der Waals surface area (Å²) in [4.78, 5) is 18.4. The molecule has 0 atom stereocenters. The molecular formula is C19H22N2O4. The van der Waals surface area contributed by atoms with Crippen LogP contribution in [-0.2, 0) is 16.0 Å². The van der Waals surface area contributed by atoms with Gasteiger partial charge in [0, 0.05) is 28.9 Å². The molecule has 0 unspecified atom stereocenters. The zero-order chi connectivity index (χ0) is 17.8. The molecular weight excluding hydrogens is 320 g/mol. The van der Waals surface area contributed by atoms with Crippen molar-refractivity contribution in [3.63, 3.8) is 0 Å². The topological polar surface area (TPSA) is 64.8 Å². The van der Waals surface area contributed by atoms with Crippen LogP contribution in [0.4, 0.5) is 0 Å². The predicted molar refractivity (Wildman–Crippen MR) is 95.9 cm³/mol. The zero-order valence-corrected chi connectivity index (χ0v) is 14.7. The Bertz CT molecular complexity index is 886. The first-order valence-electron chi connectivity index (χ1n) is 8.31. The largest absolute Gasteiger partial charge is 0.476 e. The molecule has 0 bridgehead atoms. The lowest BCUT2D eigenvalue weighted by molar-refractivity contribution is -0.142. The van der Waals surface area contributed by atoms with Gasteiger partial charge in [-0.3, -0.25) is 4.79 Å². The van der Waals surface area contributed by atoms with E-state index in [0.29, 0.717) is 19.1 Å². The van der Waals surface area contributed by atoms with Crippen molar-refractivity contribution in [3.05, 3.63) is 36.1 Å². The number of esters is 1. The Balaban J connectivity index is 1.91. The minimum atomic E-state index is -0.265. The molecule has 0 aliphatic carbocycles. The van der Waals surface area contributed by atoms with Gasteiger partial charge >= 0.3 is 5.97 Å². The number of hydrogen-bond acceptors (Lipinski definition) is 6. The third-order valence-electron chi connectivity index (χ3n) is 3.89. The highest BCUT2D eigenvalue weighted by atomic mass is 16.5. The van der Waals surface area contributed by atoms with Gasteiger partial charge in [0.2, 0.25) is 5.88 Å². The highest BCUT2D eigenvalue weighted by molar-refractivity contribution is 6.07. The third-order valence-corrected chi connectivity index (χ3v) is 3.89. The van der Waals surface area contributed by atoms with Crippen molar-refractivity contribution in [2.75, 3.05) is 33.9 Å². The van der Waals surface area contributed by atoms with Crippen LogP contribution in [0.1, 0.15) is 12.5 Å². The molecule has 6 nitrogen and oxygen atoms in total. The Morgan fingerprint density at radius 3 is 2.84 bits per heavy atom. The van der Waals surface area contributed by atoms with Crippen LogP contribution >= 0.6 is 0 Å². The summed E-state index contributed by atoms with van der Waals surface area (Å²) in [5.74, 6) is 0.322. The Hall–Kier alpha value is -2.60. The SMILES string of the molecule is CCOC(=O)Cc1coc2ccc3nc(OCCN(C)C)ccc3c12. The summed E-state index contributed by atoms with van der Waals surface area (Å²) in [6, 6.07) is 7.56. The average Bonchev–Trinajstić information content (AvgIpc) is 2.98. The normalized spacial score (nSPS) is 11.4. The van der Waals surface area contributed by atoms with Crippen molar-refractivity contribution >= 4 is 27.8 Å². The number of carbonyl (C=O) groups is 1. The number of nitrogens with zero attached hydrogens (tertiary/aromatic N) is 2. The number of benzene rings is 1. The average molecular weight is 342 g/mol. The van der Waals surface area contributed by atoms with Gasteiger partial charge in [-0.25, -0.2) is 4.98 Å². The summed E-state index contributed by atoms with van der Waals surface area (Å²) in [6.45, 7) is 3.56. The van der Waals surface area contributed by atoms with Crippen LogP contribution in [0.2, 0.25) is 0 Å². The van der Waals surface area contributed by atoms with Gasteiger partial charge in [0.25, 0.3) is 0 Å². The molecule has 2 heterocycles. The standard InChI is InChI=1S/C19H22N2O4/c1-4-23-18(22)11-13-12-25-16-7-6-15-14(19(13)16)5-8-17(20-15)24-10-9-21(2)3/h5-8,12H,4,9-11H2,1-3H3. The maximum Gasteiger partial charge on any atom is 0.310 e. The van der Waals surface area contributed by atoms with E-state index in [1.807, 2.05) is 38.4 Å². The van der Waals surface area contributed by atoms with Crippen molar-refractivity contribution in [2.24, 2.45) is 0 Å². The smallest absolute Gasteiger partial charge is 0.310 e. The van der Waals surface area contributed by atoms with E-state index in [0.717, 1.165) is 34.0 Å². The number of pyridine rings is 1. The summed E-state index contributed by atoms with van der Waals surface area (Å²) in [7, 11) is 4.00. The van der Waals surface area contributed by atoms with Crippen molar-refractivity contribution in [2.45, 2.75) is 13.3 Å².